The van der Waals surface area contributed by atoms with E-state index in [4.69, 9.17) is 0 Å². The smallest absolute Gasteiger partial charge is 0.0462 e. The molecular formula is C36H27NS. The average Bonchev–Trinajstić information content (AvgIpc) is 3.45. The largest absolute Gasteiger partial charge is 0.311 e. The Morgan fingerprint density at radius 2 is 0.895 bits per heavy atom. The van der Waals surface area contributed by atoms with E-state index in [0.717, 1.165) is 17.1 Å². The molecule has 0 radical (unpaired) electrons. The first-order valence-electron chi connectivity index (χ1n) is 12.8. The molecule has 38 heavy (non-hydrogen) atoms. The second kappa shape index (κ2) is 11.2. The number of hydrogen-bond donors (Lipinski definition) is 0. The minimum atomic E-state index is 1.14. The van der Waals surface area contributed by atoms with E-state index in [-0.39, 0.29) is 0 Å². The number of fused-ring (bicyclic) bond motifs is 1. The van der Waals surface area contributed by atoms with Gasteiger partial charge in [0.1, 0.15) is 0 Å². The second-order valence-electron chi connectivity index (χ2n) is 9.11. The predicted molar refractivity (Wildman–Crippen MR) is 167 cm³/mol. The van der Waals surface area contributed by atoms with Crippen molar-refractivity contribution >= 4 is 63.5 Å². The van der Waals surface area contributed by atoms with Crippen LogP contribution in [0.3, 0.4) is 0 Å². The van der Waals surface area contributed by atoms with Gasteiger partial charge in [-0.2, -0.15) is 0 Å². The van der Waals surface area contributed by atoms with Crippen LogP contribution in [0.2, 0.25) is 0 Å². The lowest BCUT2D eigenvalue weighted by Crippen LogP contribution is -2.09. The first kappa shape index (κ1) is 23.7. The number of nitrogens with zero attached hydrogens (tertiary/aromatic N) is 1. The van der Waals surface area contributed by atoms with E-state index in [1.165, 1.54) is 31.7 Å². The minimum absolute atomic E-state index is 1.14. The van der Waals surface area contributed by atoms with E-state index in [2.05, 4.69) is 169 Å². The van der Waals surface area contributed by atoms with Crippen molar-refractivity contribution in [3.05, 3.63) is 160 Å². The Kier molecular flexibility index (Phi) is 6.97. The number of anilines is 3. The maximum atomic E-state index is 2.28. The van der Waals surface area contributed by atoms with Crippen molar-refractivity contribution in [2.24, 2.45) is 0 Å². The molecular weight excluding hydrogens is 478 g/mol. The lowest BCUT2D eigenvalue weighted by Gasteiger charge is -2.25. The lowest BCUT2D eigenvalue weighted by atomic mass is 10.1. The molecule has 0 atom stereocenters. The van der Waals surface area contributed by atoms with Crippen LogP contribution in [0.1, 0.15) is 20.9 Å². The highest BCUT2D eigenvalue weighted by atomic mass is 32.1. The molecule has 0 aliphatic heterocycles. The number of thiophene rings is 1. The summed E-state index contributed by atoms with van der Waals surface area (Å²) in [5.74, 6) is 0. The summed E-state index contributed by atoms with van der Waals surface area (Å²) in [6.07, 6.45) is 8.76. The van der Waals surface area contributed by atoms with Gasteiger partial charge < -0.3 is 4.90 Å². The van der Waals surface area contributed by atoms with Crippen molar-refractivity contribution in [3.63, 3.8) is 0 Å². The molecule has 1 nitrogen and oxygen atoms in total. The molecule has 0 aliphatic rings. The van der Waals surface area contributed by atoms with Crippen molar-refractivity contribution in [1.29, 1.82) is 0 Å². The van der Waals surface area contributed by atoms with Gasteiger partial charge in [0, 0.05) is 26.8 Å². The first-order chi connectivity index (χ1) is 18.8. The molecule has 6 aromatic rings. The van der Waals surface area contributed by atoms with Crippen molar-refractivity contribution in [3.8, 4) is 0 Å². The number of benzene rings is 5. The van der Waals surface area contributed by atoms with E-state index in [1.54, 1.807) is 11.3 Å². The Balaban J connectivity index is 1.17. The number of rotatable bonds is 7. The third-order valence-electron chi connectivity index (χ3n) is 6.48. The van der Waals surface area contributed by atoms with Crippen molar-refractivity contribution in [2.75, 3.05) is 4.90 Å². The zero-order valence-electron chi connectivity index (χ0n) is 20.9. The zero-order chi connectivity index (χ0) is 25.6. The van der Waals surface area contributed by atoms with E-state index in [0.29, 0.717) is 0 Å². The summed E-state index contributed by atoms with van der Waals surface area (Å²) in [5.41, 5.74) is 5.82. The normalized spacial score (nSPS) is 11.5. The molecule has 1 heterocycles. The minimum Gasteiger partial charge on any atom is -0.311 e. The molecule has 0 amide bonds. The van der Waals surface area contributed by atoms with Crippen LogP contribution in [0, 0.1) is 0 Å². The molecule has 1 aromatic heterocycles. The molecule has 0 bridgehead atoms. The van der Waals surface area contributed by atoms with E-state index < -0.39 is 0 Å². The molecule has 6 rings (SSSR count). The molecule has 0 spiro atoms. The summed E-state index contributed by atoms with van der Waals surface area (Å²) in [5, 5.41) is 2.54. The van der Waals surface area contributed by atoms with Crippen LogP contribution in [0.4, 0.5) is 17.1 Å². The summed E-state index contributed by atoms with van der Waals surface area (Å²) in [4.78, 5) is 4.76. The Morgan fingerprint density at radius 3 is 1.53 bits per heavy atom. The van der Waals surface area contributed by atoms with E-state index in [9.17, 15) is 0 Å². The van der Waals surface area contributed by atoms with E-state index >= 15 is 0 Å². The molecule has 0 fully saturated rings. The molecule has 2 heteroatoms. The fourth-order valence-electron chi connectivity index (χ4n) is 4.55. The van der Waals surface area contributed by atoms with Crippen molar-refractivity contribution in [1.82, 2.24) is 0 Å². The van der Waals surface area contributed by atoms with Crippen LogP contribution in [-0.2, 0) is 0 Å². The molecule has 5 aromatic carbocycles. The molecule has 0 saturated heterocycles. The van der Waals surface area contributed by atoms with Crippen LogP contribution in [0.15, 0.2) is 140 Å². The first-order valence-corrected chi connectivity index (χ1v) is 13.6. The third kappa shape index (κ3) is 5.51. The van der Waals surface area contributed by atoms with Gasteiger partial charge in [0.05, 0.1) is 0 Å². The topological polar surface area (TPSA) is 3.24 Å². The van der Waals surface area contributed by atoms with Gasteiger partial charge >= 0.3 is 0 Å². The fourth-order valence-corrected chi connectivity index (χ4v) is 5.37. The molecule has 182 valence electrons. The number of hydrogen-bond acceptors (Lipinski definition) is 2. The van der Waals surface area contributed by atoms with Crippen molar-refractivity contribution < 1.29 is 0 Å². The fraction of sp³-hybridized carbons (Fsp3) is 0. The average molecular weight is 506 g/mol. The summed E-state index contributed by atoms with van der Waals surface area (Å²) in [6, 6.07) is 49.2. The van der Waals surface area contributed by atoms with Gasteiger partial charge in [0.2, 0.25) is 0 Å². The highest BCUT2D eigenvalue weighted by molar-refractivity contribution is 7.13. The van der Waals surface area contributed by atoms with Gasteiger partial charge in [-0.05, 0) is 88.6 Å². The van der Waals surface area contributed by atoms with Gasteiger partial charge in [-0.1, -0.05) is 97.1 Å². The zero-order valence-corrected chi connectivity index (χ0v) is 21.8. The summed E-state index contributed by atoms with van der Waals surface area (Å²) in [7, 11) is 0. The van der Waals surface area contributed by atoms with Gasteiger partial charge in [0.15, 0.2) is 0 Å². The van der Waals surface area contributed by atoms with Crippen LogP contribution >= 0.6 is 11.3 Å². The Morgan fingerprint density at radius 1 is 0.395 bits per heavy atom. The summed E-state index contributed by atoms with van der Waals surface area (Å²) >= 11 is 1.80. The van der Waals surface area contributed by atoms with Crippen LogP contribution < -0.4 is 4.90 Å². The molecule has 0 unspecified atom stereocenters. The predicted octanol–water partition coefficient (Wildman–Crippen LogP) is 10.7. The number of para-hydroxylation sites is 2. The lowest BCUT2D eigenvalue weighted by molar-refractivity contribution is 1.28. The highest BCUT2D eigenvalue weighted by Crippen LogP contribution is 2.34. The van der Waals surface area contributed by atoms with Crippen molar-refractivity contribution in [2.45, 2.75) is 0 Å². The SMILES string of the molecule is C(=Cc1ccc(C=Cc2ccc3ccccc3c2)s1)c1ccc(N(c2ccccc2)c2ccccc2)cc1. The Bertz CT molecular complexity index is 1650. The van der Waals surface area contributed by atoms with Crippen LogP contribution in [0.5, 0.6) is 0 Å². The quantitative estimate of drug-likeness (QED) is 0.208. The monoisotopic (exact) mass is 505 g/mol. The Labute approximate surface area is 228 Å². The van der Waals surface area contributed by atoms with Crippen LogP contribution in [-0.4, -0.2) is 0 Å². The summed E-state index contributed by atoms with van der Waals surface area (Å²) < 4.78 is 0. The van der Waals surface area contributed by atoms with Gasteiger partial charge in [-0.3, -0.25) is 0 Å². The van der Waals surface area contributed by atoms with Gasteiger partial charge in [-0.15, -0.1) is 11.3 Å². The Hall–Kier alpha value is -4.66. The highest BCUT2D eigenvalue weighted by Gasteiger charge is 2.11. The van der Waals surface area contributed by atoms with E-state index in [1.807, 2.05) is 0 Å². The summed E-state index contributed by atoms with van der Waals surface area (Å²) in [6.45, 7) is 0. The molecule has 0 aliphatic carbocycles. The van der Waals surface area contributed by atoms with Gasteiger partial charge in [-0.25, -0.2) is 0 Å². The standard InChI is InChI=1S/C36H27NS/c1-3-11-32(12-4-1)37(33-13-5-2-6-14-33)34-21-16-28(17-22-34)18-23-35-25-26-36(38-35)24-19-29-15-20-30-9-7-8-10-31(30)27-29/h1-27H. The van der Waals surface area contributed by atoms with Crippen LogP contribution in [0.25, 0.3) is 35.1 Å². The maximum Gasteiger partial charge on any atom is 0.0462 e. The van der Waals surface area contributed by atoms with Gasteiger partial charge in [0.25, 0.3) is 0 Å². The second-order valence-corrected chi connectivity index (χ2v) is 10.3. The molecule has 0 N–H and O–H groups in total. The third-order valence-corrected chi connectivity index (χ3v) is 7.50. The maximum absolute atomic E-state index is 2.28. The molecule has 0 saturated carbocycles.